The molecule has 2 N–H and O–H groups in total. The Kier molecular flexibility index (Phi) is 5.59. The van der Waals surface area contributed by atoms with Gasteiger partial charge in [0.15, 0.2) is 5.56 Å². The van der Waals surface area contributed by atoms with Crippen LogP contribution in [0.5, 0.6) is 5.88 Å². The van der Waals surface area contributed by atoms with Crippen LogP contribution in [-0.2, 0) is 13.2 Å². The maximum atomic E-state index is 9.44. The summed E-state index contributed by atoms with van der Waals surface area (Å²) in [7, 11) is 0. The van der Waals surface area contributed by atoms with E-state index in [2.05, 4.69) is 24.2 Å². The fourth-order valence-corrected chi connectivity index (χ4v) is 2.96. The number of nitrogen functional groups attached to an aromatic ring is 1. The summed E-state index contributed by atoms with van der Waals surface area (Å²) in [6, 6.07) is 13.4. The minimum Gasteiger partial charge on any atom is -0.471 e. The van der Waals surface area contributed by atoms with E-state index in [0.29, 0.717) is 23.2 Å². The van der Waals surface area contributed by atoms with Gasteiger partial charge in [0.25, 0.3) is 5.88 Å². The Morgan fingerprint density at radius 2 is 1.81 bits per heavy atom. The topological polar surface area (TPSA) is 76.9 Å². The molecule has 0 unspecified atom stereocenters. The number of aryl methyl sites for hydroxylation is 2. The predicted molar refractivity (Wildman–Crippen MR) is 107 cm³/mol. The second-order valence-electron chi connectivity index (χ2n) is 6.29. The van der Waals surface area contributed by atoms with Crippen LogP contribution >= 0.6 is 23.2 Å². The van der Waals surface area contributed by atoms with Crippen molar-refractivity contribution in [3.05, 3.63) is 74.3 Å². The molecule has 0 atom stereocenters. The van der Waals surface area contributed by atoms with Crippen molar-refractivity contribution in [1.82, 2.24) is 9.78 Å². The number of hydrogen-bond donors (Lipinski definition) is 1. The molecule has 3 rings (SSSR count). The molecule has 0 fully saturated rings. The van der Waals surface area contributed by atoms with Crippen LogP contribution in [0.15, 0.2) is 36.4 Å². The summed E-state index contributed by atoms with van der Waals surface area (Å²) in [6.07, 6.45) is 0. The van der Waals surface area contributed by atoms with Crippen molar-refractivity contribution in [1.29, 1.82) is 5.26 Å². The average molecular weight is 401 g/mol. The molecule has 1 heterocycles. The Balaban J connectivity index is 1.81. The fraction of sp³-hybridized carbons (Fsp3) is 0.200. The van der Waals surface area contributed by atoms with Crippen LogP contribution in [0.4, 0.5) is 5.82 Å². The highest BCUT2D eigenvalue weighted by atomic mass is 35.5. The molecule has 27 heavy (non-hydrogen) atoms. The molecule has 0 amide bonds. The molecule has 0 aliphatic rings. The number of nitrogens with two attached hydrogens (primary N) is 1. The van der Waals surface area contributed by atoms with Crippen molar-refractivity contribution >= 4 is 29.0 Å². The van der Waals surface area contributed by atoms with Gasteiger partial charge in [-0.05, 0) is 48.2 Å². The third kappa shape index (κ3) is 4.19. The van der Waals surface area contributed by atoms with E-state index in [1.165, 1.54) is 15.8 Å². The first-order chi connectivity index (χ1) is 12.9. The molecule has 138 valence electrons. The highest BCUT2D eigenvalue weighted by molar-refractivity contribution is 6.42. The minimum absolute atomic E-state index is 0.216. The lowest BCUT2D eigenvalue weighted by Crippen LogP contribution is -2.06. The van der Waals surface area contributed by atoms with E-state index >= 15 is 0 Å². The van der Waals surface area contributed by atoms with Crippen molar-refractivity contribution in [3.8, 4) is 11.9 Å². The first-order valence-electron chi connectivity index (χ1n) is 8.28. The van der Waals surface area contributed by atoms with E-state index in [9.17, 15) is 5.26 Å². The molecule has 0 saturated carbocycles. The summed E-state index contributed by atoms with van der Waals surface area (Å²) < 4.78 is 7.29. The molecule has 5 nitrogen and oxygen atoms in total. The van der Waals surface area contributed by atoms with Gasteiger partial charge in [-0.1, -0.05) is 47.5 Å². The number of nitriles is 1. The van der Waals surface area contributed by atoms with Gasteiger partial charge < -0.3 is 10.5 Å². The molecule has 0 bridgehead atoms. The fourth-order valence-electron chi connectivity index (χ4n) is 2.63. The molecule has 7 heteroatoms. The lowest BCUT2D eigenvalue weighted by molar-refractivity contribution is 0.289. The number of benzene rings is 2. The molecule has 1 aromatic heterocycles. The standard InChI is InChI=1S/C20H18Cl2N4O/c1-12-3-4-15(7-13(12)2)11-27-20-16(9-23)19(24)26(25-20)10-14-5-6-17(21)18(22)8-14/h3-8H,10-11,24H2,1-2H3. The van der Waals surface area contributed by atoms with Crippen molar-refractivity contribution < 1.29 is 4.74 Å². The zero-order valence-electron chi connectivity index (χ0n) is 15.0. The Hall–Kier alpha value is -2.68. The zero-order chi connectivity index (χ0) is 19.6. The number of nitrogens with zero attached hydrogens (tertiary/aromatic N) is 3. The van der Waals surface area contributed by atoms with Crippen LogP contribution in [0.2, 0.25) is 10.0 Å². The van der Waals surface area contributed by atoms with Crippen LogP contribution in [0.3, 0.4) is 0 Å². The smallest absolute Gasteiger partial charge is 0.253 e. The van der Waals surface area contributed by atoms with Crippen molar-refractivity contribution in [2.45, 2.75) is 27.0 Å². The molecule has 0 spiro atoms. The lowest BCUT2D eigenvalue weighted by atomic mass is 10.1. The van der Waals surface area contributed by atoms with E-state index in [1.54, 1.807) is 12.1 Å². The van der Waals surface area contributed by atoms with Crippen LogP contribution in [-0.4, -0.2) is 9.78 Å². The van der Waals surface area contributed by atoms with Gasteiger partial charge in [-0.3, -0.25) is 0 Å². The van der Waals surface area contributed by atoms with Gasteiger partial charge in [0.05, 0.1) is 16.6 Å². The van der Waals surface area contributed by atoms with E-state index in [4.69, 9.17) is 33.7 Å². The first kappa shape index (κ1) is 19.1. The predicted octanol–water partition coefficient (Wildman–Crippen LogP) is 4.89. The van der Waals surface area contributed by atoms with Crippen LogP contribution in [0, 0.1) is 25.2 Å². The second-order valence-corrected chi connectivity index (χ2v) is 7.10. The normalized spacial score (nSPS) is 10.6. The molecule has 0 radical (unpaired) electrons. The number of aromatic nitrogens is 2. The van der Waals surface area contributed by atoms with Crippen molar-refractivity contribution in [2.75, 3.05) is 5.73 Å². The maximum absolute atomic E-state index is 9.44. The molecule has 2 aromatic carbocycles. The van der Waals surface area contributed by atoms with Crippen LogP contribution in [0.25, 0.3) is 0 Å². The number of ether oxygens (including phenoxy) is 1. The first-order valence-corrected chi connectivity index (χ1v) is 9.04. The van der Waals surface area contributed by atoms with E-state index in [-0.39, 0.29) is 17.3 Å². The van der Waals surface area contributed by atoms with Crippen LogP contribution in [0.1, 0.15) is 27.8 Å². The zero-order valence-corrected chi connectivity index (χ0v) is 16.5. The minimum atomic E-state index is 0.216. The number of anilines is 1. The Morgan fingerprint density at radius 1 is 1.07 bits per heavy atom. The van der Waals surface area contributed by atoms with Gasteiger partial charge in [-0.2, -0.15) is 5.26 Å². The largest absolute Gasteiger partial charge is 0.471 e. The Labute approximate surface area is 167 Å². The number of halogens is 2. The third-order valence-corrected chi connectivity index (χ3v) is 5.07. The van der Waals surface area contributed by atoms with E-state index < -0.39 is 0 Å². The molecular weight excluding hydrogens is 383 g/mol. The van der Waals surface area contributed by atoms with Gasteiger partial charge in [0.1, 0.15) is 18.5 Å². The molecule has 0 saturated heterocycles. The SMILES string of the molecule is Cc1ccc(COc2nn(Cc3ccc(Cl)c(Cl)c3)c(N)c2C#N)cc1C. The van der Waals surface area contributed by atoms with Gasteiger partial charge in [-0.15, -0.1) is 5.10 Å². The van der Waals surface area contributed by atoms with Crippen molar-refractivity contribution in [2.24, 2.45) is 0 Å². The highest BCUT2D eigenvalue weighted by Crippen LogP contribution is 2.27. The van der Waals surface area contributed by atoms with E-state index in [1.807, 2.05) is 25.1 Å². The van der Waals surface area contributed by atoms with Gasteiger partial charge >= 0.3 is 0 Å². The Bertz CT molecular complexity index is 1040. The van der Waals surface area contributed by atoms with Gasteiger partial charge in [-0.25, -0.2) is 4.68 Å². The van der Waals surface area contributed by atoms with Crippen molar-refractivity contribution in [3.63, 3.8) is 0 Å². The quantitative estimate of drug-likeness (QED) is 0.661. The second kappa shape index (κ2) is 7.91. The third-order valence-electron chi connectivity index (χ3n) is 4.33. The Morgan fingerprint density at radius 3 is 2.48 bits per heavy atom. The number of hydrogen-bond acceptors (Lipinski definition) is 4. The highest BCUT2D eigenvalue weighted by Gasteiger charge is 2.17. The molecule has 0 aliphatic carbocycles. The summed E-state index contributed by atoms with van der Waals surface area (Å²) in [5.74, 6) is 0.465. The number of rotatable bonds is 5. The molecule has 3 aromatic rings. The van der Waals surface area contributed by atoms with Crippen LogP contribution < -0.4 is 10.5 Å². The summed E-state index contributed by atoms with van der Waals surface area (Å²) in [5, 5.41) is 14.7. The lowest BCUT2D eigenvalue weighted by Gasteiger charge is -2.06. The summed E-state index contributed by atoms with van der Waals surface area (Å²) in [4.78, 5) is 0. The average Bonchev–Trinajstić information content (AvgIpc) is 2.94. The van der Waals surface area contributed by atoms with Gasteiger partial charge in [0.2, 0.25) is 0 Å². The summed E-state index contributed by atoms with van der Waals surface area (Å²) in [5.41, 5.74) is 10.6. The summed E-state index contributed by atoms with van der Waals surface area (Å²) in [6.45, 7) is 4.76. The summed E-state index contributed by atoms with van der Waals surface area (Å²) >= 11 is 12.0. The maximum Gasteiger partial charge on any atom is 0.253 e. The molecular formula is C20H18Cl2N4O. The van der Waals surface area contributed by atoms with E-state index in [0.717, 1.165) is 11.1 Å². The monoisotopic (exact) mass is 400 g/mol. The molecule has 0 aliphatic heterocycles. The van der Waals surface area contributed by atoms with Gasteiger partial charge in [0, 0.05) is 0 Å².